The Hall–Kier alpha value is -5.81. The highest BCUT2D eigenvalue weighted by Gasteiger charge is 2.38. The van der Waals surface area contributed by atoms with Crippen LogP contribution in [0.4, 0.5) is 15.5 Å². The topological polar surface area (TPSA) is 224 Å². The average Bonchev–Trinajstić information content (AvgIpc) is 3.99. The third-order valence-electron chi connectivity index (χ3n) is 10.1. The minimum absolute atomic E-state index is 0.144. The summed E-state index contributed by atoms with van der Waals surface area (Å²) in [7, 11) is 2.40. The molecule has 0 saturated carbocycles. The van der Waals surface area contributed by atoms with E-state index >= 15 is 0 Å². The van der Waals surface area contributed by atoms with E-state index in [1.165, 1.54) is 28.1 Å². The number of aromatic amines is 1. The molecule has 6 rings (SSSR count). The number of benzene rings is 2. The van der Waals surface area contributed by atoms with Gasteiger partial charge in [0.25, 0.3) is 0 Å². The van der Waals surface area contributed by atoms with Gasteiger partial charge < -0.3 is 50.4 Å². The van der Waals surface area contributed by atoms with Crippen molar-refractivity contribution in [2.24, 2.45) is 5.92 Å². The highest BCUT2D eigenvalue weighted by atomic mass is 16.5. The number of aliphatic hydroxyl groups excluding tert-OH is 2. The number of aromatic nitrogens is 4. The summed E-state index contributed by atoms with van der Waals surface area (Å²) in [5.74, 6) is 0.495. The maximum absolute atomic E-state index is 13.4. The van der Waals surface area contributed by atoms with Crippen LogP contribution >= 0.6 is 0 Å². The van der Waals surface area contributed by atoms with Crippen molar-refractivity contribution in [1.82, 2.24) is 40.4 Å². The van der Waals surface area contributed by atoms with Crippen LogP contribution in [0, 0.1) is 5.92 Å². The van der Waals surface area contributed by atoms with E-state index in [9.17, 15) is 29.4 Å². The number of rotatable bonds is 12. The van der Waals surface area contributed by atoms with Crippen molar-refractivity contribution in [2.45, 2.75) is 63.4 Å². The molecule has 0 spiro atoms. The lowest BCUT2D eigenvalue weighted by atomic mass is 10.0. The van der Waals surface area contributed by atoms with Gasteiger partial charge in [-0.25, -0.2) is 24.5 Å². The van der Waals surface area contributed by atoms with Crippen molar-refractivity contribution in [3.63, 3.8) is 0 Å². The Balaban J connectivity index is 1.06. The molecule has 2 aliphatic heterocycles. The van der Waals surface area contributed by atoms with E-state index in [0.29, 0.717) is 44.4 Å². The molecule has 17 nitrogen and oxygen atoms in total. The van der Waals surface area contributed by atoms with Gasteiger partial charge in [0.15, 0.2) is 0 Å². The second-order valence-corrected chi connectivity index (χ2v) is 14.0. The number of carbonyl (C=O) groups is 4. The van der Waals surface area contributed by atoms with Gasteiger partial charge in [-0.3, -0.25) is 9.59 Å². The highest BCUT2D eigenvalue weighted by molar-refractivity contribution is 5.91. The predicted octanol–water partition coefficient (Wildman–Crippen LogP) is 2.82. The van der Waals surface area contributed by atoms with E-state index in [0.717, 1.165) is 46.0 Å². The molecule has 4 aromatic rings. The molecule has 2 aliphatic rings. The molecule has 292 valence electrons. The molecule has 2 aromatic carbocycles. The van der Waals surface area contributed by atoms with Crippen LogP contribution in [0.15, 0.2) is 55.0 Å². The third kappa shape index (κ3) is 8.95. The Labute approximate surface area is 317 Å². The summed E-state index contributed by atoms with van der Waals surface area (Å²) in [6, 6.07) is 9.69. The highest BCUT2D eigenvalue weighted by Crippen LogP contribution is 2.33. The number of nitrogens with zero attached hydrogens (tertiary/aromatic N) is 5. The van der Waals surface area contributed by atoms with Crippen molar-refractivity contribution in [3.05, 3.63) is 60.8 Å². The lowest BCUT2D eigenvalue weighted by molar-refractivity contribution is -0.137. The number of carbonyl (C=O) groups excluding carboxylic acids is 4. The van der Waals surface area contributed by atoms with Crippen molar-refractivity contribution in [2.75, 3.05) is 45.7 Å². The molecule has 0 unspecified atom stereocenters. The Morgan fingerprint density at radius 3 is 2.07 bits per heavy atom. The number of nitrogens with one attached hydrogen (secondary N) is 4. The van der Waals surface area contributed by atoms with Crippen LogP contribution in [-0.2, 0) is 19.1 Å². The van der Waals surface area contributed by atoms with Crippen molar-refractivity contribution >= 4 is 40.7 Å². The number of hydrogen-bond acceptors (Lipinski definition) is 12. The van der Waals surface area contributed by atoms with Crippen LogP contribution in [0.1, 0.15) is 45.0 Å². The molecule has 6 atom stereocenters. The van der Waals surface area contributed by atoms with Crippen LogP contribution < -0.4 is 16.0 Å². The quantitative estimate of drug-likeness (QED) is 0.123. The zero-order valence-corrected chi connectivity index (χ0v) is 31.2. The second-order valence-electron chi connectivity index (χ2n) is 14.0. The third-order valence-corrected chi connectivity index (χ3v) is 10.1. The van der Waals surface area contributed by atoms with Gasteiger partial charge in [0, 0.05) is 49.7 Å². The maximum Gasteiger partial charge on any atom is 0.407 e. The molecular formula is C38H47N9O8. The molecule has 2 saturated heterocycles. The first-order chi connectivity index (χ1) is 26.4. The van der Waals surface area contributed by atoms with E-state index < -0.39 is 42.4 Å². The summed E-state index contributed by atoms with van der Waals surface area (Å²) >= 11 is 0. The SMILES string of the molecule is COC(=O)N[C@H](C(=O)N1CCC[C@H]1c1ncc(-c2ccc3cc(-c4cnc(NC[C@H]5CCN(C(=O)[C@H](NC(=O)OC)[C@H](C)O)C5)nc4)ccc3c2)[nH]1)[C@H](C)O. The summed E-state index contributed by atoms with van der Waals surface area (Å²) < 4.78 is 9.22. The van der Waals surface area contributed by atoms with Crippen LogP contribution in [0.2, 0.25) is 0 Å². The van der Waals surface area contributed by atoms with Gasteiger partial charge in [0.1, 0.15) is 17.9 Å². The normalized spacial score (nSPS) is 19.0. The Bertz CT molecular complexity index is 2000. The van der Waals surface area contributed by atoms with E-state index in [2.05, 4.69) is 57.5 Å². The molecule has 17 heteroatoms. The predicted molar refractivity (Wildman–Crippen MR) is 201 cm³/mol. The van der Waals surface area contributed by atoms with Crippen molar-refractivity contribution < 1.29 is 38.9 Å². The van der Waals surface area contributed by atoms with Gasteiger partial charge in [-0.05, 0) is 67.5 Å². The van der Waals surface area contributed by atoms with Crippen LogP contribution in [0.25, 0.3) is 33.2 Å². The zero-order valence-electron chi connectivity index (χ0n) is 31.2. The average molecular weight is 758 g/mol. The first-order valence-corrected chi connectivity index (χ1v) is 18.3. The number of imidazole rings is 1. The fourth-order valence-corrected chi connectivity index (χ4v) is 7.09. The molecule has 2 fully saturated rings. The van der Waals surface area contributed by atoms with Gasteiger partial charge in [-0.1, -0.05) is 24.3 Å². The standard InChI is InChI=1S/C38H47N9O8/c1-21(48)31(44-37(52)54-3)34(50)46-13-11-23(20-46)16-40-36-41-17-28(18-42-36)26-8-7-25-15-27(10-9-24(25)14-26)29-19-39-33(43-29)30-6-5-12-47(30)35(51)32(22(2)49)45-38(53)55-4/h7-10,14-15,17-19,21-23,30-32,48-49H,5-6,11-13,16,20H2,1-4H3,(H,39,43)(H,44,52)(H,45,53)(H,40,41,42)/t21-,22-,23+,30-,31+,32-/m0/s1. The first-order valence-electron chi connectivity index (χ1n) is 18.3. The smallest absolute Gasteiger partial charge is 0.407 e. The number of alkyl carbamates (subject to hydrolysis) is 2. The Morgan fingerprint density at radius 2 is 1.44 bits per heavy atom. The zero-order chi connectivity index (χ0) is 39.2. The van der Waals surface area contributed by atoms with Gasteiger partial charge in [-0.2, -0.15) is 0 Å². The van der Waals surface area contributed by atoms with Gasteiger partial charge in [0.2, 0.25) is 17.8 Å². The largest absolute Gasteiger partial charge is 0.453 e. The van der Waals surface area contributed by atoms with Crippen molar-refractivity contribution in [3.8, 4) is 22.4 Å². The molecular weight excluding hydrogens is 710 g/mol. The molecule has 4 amide bonds. The minimum atomic E-state index is -1.14. The lowest BCUT2D eigenvalue weighted by Gasteiger charge is -2.29. The second kappa shape index (κ2) is 17.1. The number of methoxy groups -OCH3 is 2. The Morgan fingerprint density at radius 1 is 0.818 bits per heavy atom. The number of fused-ring (bicyclic) bond motifs is 1. The number of hydrogen-bond donors (Lipinski definition) is 6. The number of amides is 4. The lowest BCUT2D eigenvalue weighted by Crippen LogP contribution is -2.53. The van der Waals surface area contributed by atoms with E-state index in [1.807, 2.05) is 24.3 Å². The maximum atomic E-state index is 13.4. The number of anilines is 1. The van der Waals surface area contributed by atoms with Crippen LogP contribution in [0.3, 0.4) is 0 Å². The fourth-order valence-electron chi connectivity index (χ4n) is 7.09. The fraction of sp³-hybridized carbons (Fsp3) is 0.447. The van der Waals surface area contributed by atoms with Gasteiger partial charge >= 0.3 is 12.2 Å². The summed E-state index contributed by atoms with van der Waals surface area (Å²) in [6.45, 7) is 4.91. The molecule has 6 N–H and O–H groups in total. The van der Waals surface area contributed by atoms with Crippen LogP contribution in [-0.4, -0.2) is 129 Å². The first kappa shape index (κ1) is 38.9. The summed E-state index contributed by atoms with van der Waals surface area (Å²) in [5.41, 5.74) is 3.54. The summed E-state index contributed by atoms with van der Waals surface area (Å²) in [6.07, 6.45) is 3.73. The monoisotopic (exact) mass is 757 g/mol. The summed E-state index contributed by atoms with van der Waals surface area (Å²) in [4.78, 5) is 70.1. The number of aliphatic hydroxyl groups is 2. The van der Waals surface area contributed by atoms with Gasteiger partial charge in [-0.15, -0.1) is 0 Å². The van der Waals surface area contributed by atoms with Crippen LogP contribution in [0.5, 0.6) is 0 Å². The number of ether oxygens (including phenoxy) is 2. The van der Waals surface area contributed by atoms with E-state index in [-0.39, 0.29) is 17.9 Å². The Kier molecular flexibility index (Phi) is 12.1. The van der Waals surface area contributed by atoms with E-state index in [4.69, 9.17) is 0 Å². The summed E-state index contributed by atoms with van der Waals surface area (Å²) in [5, 5.41) is 30.4. The molecule has 0 aliphatic carbocycles. The van der Waals surface area contributed by atoms with E-state index in [1.54, 1.807) is 28.4 Å². The molecule has 4 heterocycles. The number of likely N-dealkylation sites (tertiary alicyclic amines) is 2. The molecule has 2 aromatic heterocycles. The molecule has 0 radical (unpaired) electrons. The number of H-pyrrole nitrogens is 1. The minimum Gasteiger partial charge on any atom is -0.453 e. The van der Waals surface area contributed by atoms with Gasteiger partial charge in [0.05, 0.1) is 44.4 Å². The molecule has 0 bridgehead atoms. The molecule has 55 heavy (non-hydrogen) atoms. The van der Waals surface area contributed by atoms with Crippen molar-refractivity contribution in [1.29, 1.82) is 0 Å².